The van der Waals surface area contributed by atoms with Gasteiger partial charge in [-0.15, -0.1) is 0 Å². The molecule has 7 heteroatoms. The van der Waals surface area contributed by atoms with Crippen LogP contribution in [0.3, 0.4) is 0 Å². The van der Waals surface area contributed by atoms with Crippen molar-refractivity contribution in [1.29, 1.82) is 0 Å². The van der Waals surface area contributed by atoms with Crippen molar-refractivity contribution in [3.05, 3.63) is 58.9 Å². The fourth-order valence-corrected chi connectivity index (χ4v) is 6.14. The molecule has 2 aromatic carbocycles. The molecule has 3 aromatic rings. The summed E-state index contributed by atoms with van der Waals surface area (Å²) in [4.78, 5) is 19.6. The van der Waals surface area contributed by atoms with E-state index >= 15 is 0 Å². The number of anilines is 1. The van der Waals surface area contributed by atoms with E-state index in [0.29, 0.717) is 18.4 Å². The standard InChI is InChI=1S/C31H42N4O3/c1-19(2)29-33-25-13-20(3)7-10-26(25)35(29)27-11-12-34(18-28(27)36)17-21-14-22-8-9-24(16-23(22)15-21)32-30(37)38-31(4,5)6/h7-10,13,16,19,21,27-28,36H,11-12,14-15,17-18H2,1-6H3,(H,32,37)/t21?,27-,28-/m1/s1. The van der Waals surface area contributed by atoms with E-state index in [1.165, 1.54) is 16.7 Å². The van der Waals surface area contributed by atoms with Crippen LogP contribution in [0.2, 0.25) is 0 Å². The Morgan fingerprint density at radius 1 is 1.16 bits per heavy atom. The lowest BCUT2D eigenvalue weighted by atomic mass is 9.98. The maximum atomic E-state index is 12.2. The lowest BCUT2D eigenvalue weighted by Crippen LogP contribution is -2.46. The number of benzene rings is 2. The number of rotatable bonds is 5. The van der Waals surface area contributed by atoms with Gasteiger partial charge in [0.15, 0.2) is 0 Å². The van der Waals surface area contributed by atoms with Gasteiger partial charge in [0.05, 0.1) is 23.2 Å². The van der Waals surface area contributed by atoms with Gasteiger partial charge >= 0.3 is 6.09 Å². The van der Waals surface area contributed by atoms with E-state index in [1.807, 2.05) is 26.8 Å². The van der Waals surface area contributed by atoms with Crippen molar-refractivity contribution in [2.24, 2.45) is 5.92 Å². The maximum absolute atomic E-state index is 12.2. The minimum absolute atomic E-state index is 0.0404. The molecular formula is C31H42N4O3. The summed E-state index contributed by atoms with van der Waals surface area (Å²) < 4.78 is 7.70. The third-order valence-electron chi connectivity index (χ3n) is 7.74. The quantitative estimate of drug-likeness (QED) is 0.444. The van der Waals surface area contributed by atoms with Gasteiger partial charge in [0.2, 0.25) is 0 Å². The van der Waals surface area contributed by atoms with Crippen LogP contribution in [0.25, 0.3) is 11.0 Å². The molecule has 1 aliphatic heterocycles. The first-order valence-electron chi connectivity index (χ1n) is 14.0. The number of imidazole rings is 1. The molecule has 5 rings (SSSR count). The number of aryl methyl sites for hydroxylation is 1. The summed E-state index contributed by atoms with van der Waals surface area (Å²) >= 11 is 0. The van der Waals surface area contributed by atoms with Crippen molar-refractivity contribution in [3.8, 4) is 0 Å². The van der Waals surface area contributed by atoms with Gasteiger partial charge in [-0.25, -0.2) is 9.78 Å². The third kappa shape index (κ3) is 5.74. The second-order valence-corrected chi connectivity index (χ2v) is 12.6. The molecule has 0 radical (unpaired) electrons. The minimum atomic E-state index is -0.524. The van der Waals surface area contributed by atoms with Crippen LogP contribution in [-0.4, -0.2) is 57.0 Å². The zero-order chi connectivity index (χ0) is 27.2. The average molecular weight is 519 g/mol. The van der Waals surface area contributed by atoms with Crippen LogP contribution >= 0.6 is 0 Å². The SMILES string of the molecule is Cc1ccc2c(c1)nc(C(C)C)n2[C@@H]1CCN(CC2Cc3ccc(NC(=O)OC(C)(C)C)cc3C2)C[C@H]1O. The second kappa shape index (κ2) is 10.3. The molecule has 1 fully saturated rings. The topological polar surface area (TPSA) is 79.6 Å². The second-order valence-electron chi connectivity index (χ2n) is 12.6. The summed E-state index contributed by atoms with van der Waals surface area (Å²) in [6.45, 7) is 14.6. The van der Waals surface area contributed by atoms with Crippen LogP contribution < -0.4 is 5.32 Å². The molecule has 3 atom stereocenters. The Hall–Kier alpha value is -2.90. The molecule has 0 spiro atoms. The van der Waals surface area contributed by atoms with Crippen LogP contribution in [0.1, 0.15) is 75.5 Å². The van der Waals surface area contributed by atoms with Crippen molar-refractivity contribution < 1.29 is 14.6 Å². The first-order chi connectivity index (χ1) is 18.0. The zero-order valence-corrected chi connectivity index (χ0v) is 23.6. The van der Waals surface area contributed by atoms with E-state index in [9.17, 15) is 9.90 Å². The molecule has 0 saturated carbocycles. The smallest absolute Gasteiger partial charge is 0.412 e. The van der Waals surface area contributed by atoms with Gasteiger partial charge in [0.1, 0.15) is 11.4 Å². The number of aliphatic hydroxyl groups excluding tert-OH is 1. The van der Waals surface area contributed by atoms with E-state index in [2.05, 4.69) is 65.9 Å². The lowest BCUT2D eigenvalue weighted by Gasteiger charge is -2.38. The Balaban J connectivity index is 1.22. The predicted molar refractivity (Wildman–Crippen MR) is 152 cm³/mol. The maximum Gasteiger partial charge on any atom is 0.412 e. The van der Waals surface area contributed by atoms with E-state index in [1.54, 1.807) is 0 Å². The molecule has 1 saturated heterocycles. The van der Waals surface area contributed by atoms with Gasteiger partial charge in [-0.05, 0) is 93.8 Å². The summed E-state index contributed by atoms with van der Waals surface area (Å²) in [6.07, 6.45) is 2.06. The predicted octanol–water partition coefficient (Wildman–Crippen LogP) is 5.84. The van der Waals surface area contributed by atoms with Crippen molar-refractivity contribution in [3.63, 3.8) is 0 Å². The number of likely N-dealkylation sites (tertiary alicyclic amines) is 1. The van der Waals surface area contributed by atoms with Gasteiger partial charge in [0.25, 0.3) is 0 Å². The Morgan fingerprint density at radius 3 is 2.63 bits per heavy atom. The molecule has 0 bridgehead atoms. The van der Waals surface area contributed by atoms with Gasteiger partial charge in [0, 0.05) is 31.2 Å². The molecule has 1 aliphatic carbocycles. The number of aromatic nitrogens is 2. The van der Waals surface area contributed by atoms with Crippen LogP contribution in [0.5, 0.6) is 0 Å². The van der Waals surface area contributed by atoms with E-state index < -0.39 is 17.8 Å². The van der Waals surface area contributed by atoms with E-state index in [0.717, 1.165) is 54.9 Å². The van der Waals surface area contributed by atoms with Gasteiger partial charge in [-0.1, -0.05) is 26.0 Å². The highest BCUT2D eigenvalue weighted by Crippen LogP contribution is 2.34. The molecule has 38 heavy (non-hydrogen) atoms. The first kappa shape index (κ1) is 26.7. The number of nitrogens with one attached hydrogen (secondary N) is 1. The van der Waals surface area contributed by atoms with Crippen molar-refractivity contribution in [2.75, 3.05) is 25.0 Å². The Morgan fingerprint density at radius 2 is 1.92 bits per heavy atom. The monoisotopic (exact) mass is 518 g/mol. The van der Waals surface area contributed by atoms with Gasteiger partial charge < -0.3 is 19.3 Å². The van der Waals surface area contributed by atoms with Gasteiger partial charge in [-0.2, -0.15) is 0 Å². The summed E-state index contributed by atoms with van der Waals surface area (Å²) in [5.41, 5.74) is 6.25. The van der Waals surface area contributed by atoms with Crippen LogP contribution in [-0.2, 0) is 17.6 Å². The largest absolute Gasteiger partial charge is 0.444 e. The highest BCUT2D eigenvalue weighted by molar-refractivity contribution is 5.85. The normalized spacial score (nSPS) is 22.2. The molecule has 204 valence electrons. The first-order valence-corrected chi connectivity index (χ1v) is 14.0. The number of aliphatic hydroxyl groups is 1. The Kier molecular flexibility index (Phi) is 7.27. The summed E-state index contributed by atoms with van der Waals surface area (Å²) in [5.74, 6) is 1.86. The van der Waals surface area contributed by atoms with Crippen LogP contribution in [0, 0.1) is 12.8 Å². The number of hydrogen-bond donors (Lipinski definition) is 2. The fraction of sp³-hybridized carbons (Fsp3) is 0.548. The fourth-order valence-electron chi connectivity index (χ4n) is 6.14. The van der Waals surface area contributed by atoms with Crippen molar-refractivity contribution >= 4 is 22.8 Å². The number of hydrogen-bond acceptors (Lipinski definition) is 5. The highest BCUT2D eigenvalue weighted by Gasteiger charge is 2.34. The summed E-state index contributed by atoms with van der Waals surface area (Å²) in [5, 5.41) is 14.2. The molecule has 2 heterocycles. The third-order valence-corrected chi connectivity index (χ3v) is 7.74. The average Bonchev–Trinajstić information content (AvgIpc) is 3.38. The number of ether oxygens (including phenoxy) is 1. The number of carbonyl (C=O) groups is 1. The Labute approximate surface area is 226 Å². The van der Waals surface area contributed by atoms with Crippen molar-refractivity contribution in [1.82, 2.24) is 14.5 Å². The molecular weight excluding hydrogens is 476 g/mol. The molecule has 1 unspecified atom stereocenters. The summed E-state index contributed by atoms with van der Waals surface area (Å²) in [6, 6.07) is 12.7. The van der Waals surface area contributed by atoms with Crippen molar-refractivity contribution in [2.45, 2.75) is 84.5 Å². The Bertz CT molecular complexity index is 1320. The number of piperidine rings is 1. The molecule has 2 N–H and O–H groups in total. The molecule has 2 aliphatic rings. The molecule has 1 aromatic heterocycles. The molecule has 7 nitrogen and oxygen atoms in total. The van der Waals surface area contributed by atoms with Gasteiger partial charge in [-0.3, -0.25) is 5.32 Å². The van der Waals surface area contributed by atoms with E-state index in [4.69, 9.17) is 9.72 Å². The molecule has 1 amide bonds. The number of amides is 1. The highest BCUT2D eigenvalue weighted by atomic mass is 16.6. The van der Waals surface area contributed by atoms with E-state index in [-0.39, 0.29) is 6.04 Å². The number of β-amino-alcohol motifs (C(OH)–C–C–N with tert-alkyl or cyclic N) is 1. The van der Waals surface area contributed by atoms with Crippen LogP contribution in [0.15, 0.2) is 36.4 Å². The summed E-state index contributed by atoms with van der Waals surface area (Å²) in [7, 11) is 0. The number of fused-ring (bicyclic) bond motifs is 2. The zero-order valence-electron chi connectivity index (χ0n) is 23.6. The lowest BCUT2D eigenvalue weighted by molar-refractivity contribution is 0.0218. The number of nitrogens with zero attached hydrogens (tertiary/aromatic N) is 3. The van der Waals surface area contributed by atoms with Crippen LogP contribution in [0.4, 0.5) is 10.5 Å². The number of carbonyl (C=O) groups excluding carboxylic acids is 1. The minimum Gasteiger partial charge on any atom is -0.444 e.